The van der Waals surface area contributed by atoms with E-state index in [9.17, 15) is 4.79 Å². The summed E-state index contributed by atoms with van der Waals surface area (Å²) in [4.78, 5) is 17.5. The number of piperidine rings is 2. The van der Waals surface area contributed by atoms with Crippen LogP contribution in [0.15, 0.2) is 54.7 Å². The fourth-order valence-corrected chi connectivity index (χ4v) is 6.05. The lowest BCUT2D eigenvalue weighted by Crippen LogP contribution is -2.46. The van der Waals surface area contributed by atoms with Gasteiger partial charge in [-0.3, -0.25) is 4.79 Å². The predicted molar refractivity (Wildman–Crippen MR) is 140 cm³/mol. The number of nitriles is 1. The number of hydrogen-bond donors (Lipinski definition) is 0. The molecule has 3 aromatic rings. The van der Waals surface area contributed by atoms with E-state index in [4.69, 9.17) is 10.00 Å². The predicted octanol–water partition coefficient (Wildman–Crippen LogP) is 5.39. The van der Waals surface area contributed by atoms with Crippen molar-refractivity contribution in [3.05, 3.63) is 65.9 Å². The Bertz CT molecular complexity index is 1250. The maximum absolute atomic E-state index is 12.9. The second kappa shape index (κ2) is 9.99. The Morgan fingerprint density at radius 2 is 1.61 bits per heavy atom. The Morgan fingerprint density at radius 1 is 0.861 bits per heavy atom. The number of hydrogen-bond acceptors (Lipinski definition) is 4. The molecule has 0 bridgehead atoms. The first-order valence-corrected chi connectivity index (χ1v) is 13.5. The van der Waals surface area contributed by atoms with Gasteiger partial charge in [0.05, 0.1) is 11.6 Å². The van der Waals surface area contributed by atoms with Crippen molar-refractivity contribution in [2.75, 3.05) is 26.2 Å². The van der Waals surface area contributed by atoms with Gasteiger partial charge in [0, 0.05) is 60.9 Å². The highest BCUT2D eigenvalue weighted by atomic mass is 16.5. The summed E-state index contributed by atoms with van der Waals surface area (Å²) < 4.78 is 8.77. The molecule has 36 heavy (non-hydrogen) atoms. The van der Waals surface area contributed by atoms with E-state index in [2.05, 4.69) is 46.0 Å². The van der Waals surface area contributed by atoms with Gasteiger partial charge in [0.15, 0.2) is 0 Å². The molecule has 3 fully saturated rings. The molecule has 0 atom stereocenters. The van der Waals surface area contributed by atoms with Gasteiger partial charge in [-0.2, -0.15) is 5.26 Å². The molecule has 2 aliphatic heterocycles. The smallest absolute Gasteiger partial charge is 0.253 e. The summed E-state index contributed by atoms with van der Waals surface area (Å²) in [7, 11) is 0. The van der Waals surface area contributed by atoms with Gasteiger partial charge < -0.3 is 19.1 Å². The van der Waals surface area contributed by atoms with E-state index in [-0.39, 0.29) is 5.91 Å². The van der Waals surface area contributed by atoms with Crippen LogP contribution in [0.2, 0.25) is 0 Å². The van der Waals surface area contributed by atoms with Gasteiger partial charge in [-0.05, 0) is 87.1 Å². The summed E-state index contributed by atoms with van der Waals surface area (Å²) in [5.74, 6) is 1.03. The molecule has 1 aliphatic carbocycles. The van der Waals surface area contributed by atoms with Crippen LogP contribution in [0, 0.1) is 11.3 Å². The van der Waals surface area contributed by atoms with E-state index >= 15 is 0 Å². The molecule has 0 radical (unpaired) electrons. The lowest BCUT2D eigenvalue weighted by molar-refractivity contribution is 0.0494. The zero-order valence-corrected chi connectivity index (χ0v) is 20.8. The number of nitrogens with zero attached hydrogens (tertiary/aromatic N) is 4. The summed E-state index contributed by atoms with van der Waals surface area (Å²) in [5, 5.41) is 10.2. The number of carbonyl (C=O) groups excluding carboxylic acids is 1. The number of fused-ring (bicyclic) bond motifs is 1. The number of ether oxygens (including phenoxy) is 1. The zero-order valence-electron chi connectivity index (χ0n) is 20.8. The number of aromatic nitrogens is 1. The topological polar surface area (TPSA) is 61.5 Å². The first kappa shape index (κ1) is 23.1. The summed E-state index contributed by atoms with van der Waals surface area (Å²) in [6, 6.07) is 19.0. The monoisotopic (exact) mass is 482 g/mol. The van der Waals surface area contributed by atoms with Crippen LogP contribution in [-0.2, 0) is 0 Å². The van der Waals surface area contributed by atoms with Gasteiger partial charge in [0.1, 0.15) is 11.9 Å². The molecular formula is C30H34N4O2. The third-order valence-corrected chi connectivity index (χ3v) is 8.47. The van der Waals surface area contributed by atoms with Crippen molar-refractivity contribution in [1.82, 2.24) is 14.4 Å². The van der Waals surface area contributed by atoms with Crippen molar-refractivity contribution >= 4 is 16.8 Å². The molecule has 2 saturated heterocycles. The van der Waals surface area contributed by atoms with Crippen LogP contribution in [0.1, 0.15) is 66.9 Å². The number of likely N-dealkylation sites (tertiary alicyclic amines) is 2. The van der Waals surface area contributed by atoms with Crippen LogP contribution >= 0.6 is 0 Å². The first-order chi connectivity index (χ1) is 17.7. The van der Waals surface area contributed by atoms with E-state index in [1.54, 1.807) is 24.3 Å². The number of amides is 1. The number of carbonyl (C=O) groups is 1. The van der Waals surface area contributed by atoms with E-state index in [1.807, 2.05) is 4.90 Å². The van der Waals surface area contributed by atoms with Gasteiger partial charge in [-0.25, -0.2) is 0 Å². The molecule has 6 rings (SSSR count). The highest BCUT2D eigenvalue weighted by Gasteiger charge is 2.29. The minimum atomic E-state index is 0.0515. The first-order valence-electron chi connectivity index (χ1n) is 13.5. The Labute approximate surface area is 213 Å². The molecule has 186 valence electrons. The van der Waals surface area contributed by atoms with Crippen LogP contribution in [-0.4, -0.2) is 58.6 Å². The second-order valence-electron chi connectivity index (χ2n) is 10.6. The van der Waals surface area contributed by atoms with Crippen LogP contribution < -0.4 is 4.74 Å². The van der Waals surface area contributed by atoms with Crippen molar-refractivity contribution in [1.29, 1.82) is 5.26 Å². The van der Waals surface area contributed by atoms with Crippen molar-refractivity contribution in [3.8, 4) is 11.8 Å². The second-order valence-corrected chi connectivity index (χ2v) is 10.6. The summed E-state index contributed by atoms with van der Waals surface area (Å²) in [6.07, 6.45) is 10.8. The molecule has 1 amide bonds. The van der Waals surface area contributed by atoms with Crippen molar-refractivity contribution in [2.45, 2.75) is 63.1 Å². The largest absolute Gasteiger partial charge is 0.490 e. The van der Waals surface area contributed by atoms with Crippen molar-refractivity contribution < 1.29 is 9.53 Å². The molecule has 6 heteroatoms. The van der Waals surface area contributed by atoms with E-state index in [1.165, 1.54) is 43.3 Å². The lowest BCUT2D eigenvalue weighted by atomic mass is 9.90. The van der Waals surface area contributed by atoms with Crippen molar-refractivity contribution in [3.63, 3.8) is 0 Å². The van der Waals surface area contributed by atoms with Crippen LogP contribution in [0.4, 0.5) is 0 Å². The minimum absolute atomic E-state index is 0.0515. The van der Waals surface area contributed by atoms with Crippen LogP contribution in [0.3, 0.4) is 0 Å². The molecule has 0 N–H and O–H groups in total. The van der Waals surface area contributed by atoms with E-state index in [0.717, 1.165) is 50.6 Å². The SMILES string of the molecule is N#Cc1ccc(C(=O)N2CCC(n3ccc4cc(OC5CCN(C6CCC6)CC5)ccc43)CC2)cc1. The lowest BCUT2D eigenvalue weighted by Gasteiger charge is -2.41. The molecule has 1 aromatic heterocycles. The molecule has 3 aliphatic rings. The Morgan fingerprint density at radius 3 is 2.28 bits per heavy atom. The van der Waals surface area contributed by atoms with E-state index in [0.29, 0.717) is 23.3 Å². The average molecular weight is 483 g/mol. The standard InChI is InChI=1S/C30H34N4O2/c31-21-22-4-6-23(7-5-22)30(35)33-15-11-26(12-16-33)34-19-10-24-20-28(8-9-29(24)34)36-27-13-17-32(18-14-27)25-2-1-3-25/h4-10,19-20,25-27H,1-3,11-18H2. The Kier molecular flexibility index (Phi) is 6.41. The Hall–Kier alpha value is -3.30. The molecule has 6 nitrogen and oxygen atoms in total. The van der Waals surface area contributed by atoms with Crippen LogP contribution in [0.5, 0.6) is 5.75 Å². The molecule has 1 saturated carbocycles. The highest BCUT2D eigenvalue weighted by molar-refractivity contribution is 5.94. The fraction of sp³-hybridized carbons (Fsp3) is 0.467. The van der Waals surface area contributed by atoms with Gasteiger partial charge in [0.25, 0.3) is 5.91 Å². The third-order valence-electron chi connectivity index (χ3n) is 8.47. The van der Waals surface area contributed by atoms with Gasteiger partial charge in [-0.1, -0.05) is 6.42 Å². The van der Waals surface area contributed by atoms with Crippen LogP contribution in [0.25, 0.3) is 10.9 Å². The maximum atomic E-state index is 12.9. The maximum Gasteiger partial charge on any atom is 0.253 e. The molecule has 0 unspecified atom stereocenters. The Balaban J connectivity index is 1.05. The fourth-order valence-electron chi connectivity index (χ4n) is 6.05. The quantitative estimate of drug-likeness (QED) is 0.489. The van der Waals surface area contributed by atoms with Gasteiger partial charge >= 0.3 is 0 Å². The average Bonchev–Trinajstić information content (AvgIpc) is 3.32. The van der Waals surface area contributed by atoms with E-state index < -0.39 is 0 Å². The van der Waals surface area contributed by atoms with Gasteiger partial charge in [0.2, 0.25) is 0 Å². The number of benzene rings is 2. The summed E-state index contributed by atoms with van der Waals surface area (Å²) >= 11 is 0. The third kappa shape index (κ3) is 4.60. The normalized spacial score (nSPS) is 20.2. The summed E-state index contributed by atoms with van der Waals surface area (Å²) in [5.41, 5.74) is 2.46. The van der Waals surface area contributed by atoms with Gasteiger partial charge in [-0.15, -0.1) is 0 Å². The molecule has 2 aromatic carbocycles. The zero-order chi connectivity index (χ0) is 24.5. The highest BCUT2D eigenvalue weighted by Crippen LogP contribution is 2.32. The minimum Gasteiger partial charge on any atom is -0.490 e. The summed E-state index contributed by atoms with van der Waals surface area (Å²) in [6.45, 7) is 3.81. The molecule has 0 spiro atoms. The molecular weight excluding hydrogens is 448 g/mol. The molecule has 3 heterocycles. The van der Waals surface area contributed by atoms with Crippen molar-refractivity contribution in [2.24, 2.45) is 0 Å². The number of rotatable bonds is 5.